The zero-order valence-corrected chi connectivity index (χ0v) is 11.6. The maximum Gasteiger partial charge on any atom is 0.290 e. The first-order chi connectivity index (χ1) is 9.58. The van der Waals surface area contributed by atoms with Crippen molar-refractivity contribution in [1.82, 2.24) is 15.3 Å². The Labute approximate surface area is 119 Å². The molecule has 8 heteroatoms. The molecule has 2 rings (SSSR count). The fourth-order valence-corrected chi connectivity index (χ4v) is 2.23. The summed E-state index contributed by atoms with van der Waals surface area (Å²) in [6.07, 6.45) is 3.68. The van der Waals surface area contributed by atoms with Gasteiger partial charge in [0.25, 0.3) is 11.1 Å². The monoisotopic (exact) mass is 294 g/mol. The molecule has 1 aliphatic heterocycles. The van der Waals surface area contributed by atoms with Crippen LogP contribution in [0.4, 0.5) is 10.7 Å². The lowest BCUT2D eigenvalue weighted by atomic mass is 10.2. The van der Waals surface area contributed by atoms with E-state index in [1.54, 1.807) is 12.3 Å². The fraction of sp³-hybridized carbons (Fsp3) is 0.333. The van der Waals surface area contributed by atoms with E-state index in [-0.39, 0.29) is 17.9 Å². The number of thioether (sulfide) groups is 1. The Balaban J connectivity index is 2.12. The first kappa shape index (κ1) is 14.5. The van der Waals surface area contributed by atoms with Crippen molar-refractivity contribution >= 4 is 34.9 Å². The third-order valence-electron chi connectivity index (χ3n) is 2.54. The molecule has 1 saturated heterocycles. The number of aliphatic hydroxyl groups is 1. The van der Waals surface area contributed by atoms with Crippen molar-refractivity contribution in [3.63, 3.8) is 0 Å². The molecule has 0 spiro atoms. The molecular weight excluding hydrogens is 280 g/mol. The summed E-state index contributed by atoms with van der Waals surface area (Å²) in [7, 11) is 0. The summed E-state index contributed by atoms with van der Waals surface area (Å²) in [6, 6.07) is 1.68. The van der Waals surface area contributed by atoms with Crippen molar-refractivity contribution in [2.45, 2.75) is 19.4 Å². The molecule has 0 radical (unpaired) electrons. The Morgan fingerprint density at radius 1 is 1.55 bits per heavy atom. The van der Waals surface area contributed by atoms with Gasteiger partial charge in [-0.05, 0) is 37.2 Å². The molecular formula is C12H14N4O3S. The van der Waals surface area contributed by atoms with Crippen molar-refractivity contribution in [2.24, 2.45) is 0 Å². The summed E-state index contributed by atoms with van der Waals surface area (Å²) >= 11 is 0.844. The van der Waals surface area contributed by atoms with Gasteiger partial charge in [-0.3, -0.25) is 14.9 Å². The molecule has 1 aliphatic rings. The quantitative estimate of drug-likeness (QED) is 0.695. The lowest BCUT2D eigenvalue weighted by molar-refractivity contribution is -0.115. The van der Waals surface area contributed by atoms with Crippen LogP contribution in [0.2, 0.25) is 0 Å². The number of aliphatic hydroxyl groups excluding tert-OH is 1. The van der Waals surface area contributed by atoms with Crippen LogP contribution in [0, 0.1) is 0 Å². The second kappa shape index (κ2) is 6.49. The van der Waals surface area contributed by atoms with E-state index in [9.17, 15) is 9.59 Å². The number of carbonyl (C=O) groups excluding carboxylic acids is 2. The number of hydrogen-bond donors (Lipinski definition) is 3. The van der Waals surface area contributed by atoms with E-state index in [2.05, 4.69) is 20.6 Å². The van der Waals surface area contributed by atoms with Crippen LogP contribution in [-0.4, -0.2) is 38.9 Å². The van der Waals surface area contributed by atoms with Gasteiger partial charge in [-0.2, -0.15) is 0 Å². The van der Waals surface area contributed by atoms with Gasteiger partial charge in [0.05, 0.1) is 10.6 Å². The van der Waals surface area contributed by atoms with Crippen LogP contribution in [0.1, 0.15) is 19.0 Å². The van der Waals surface area contributed by atoms with Crippen LogP contribution < -0.4 is 10.6 Å². The lowest BCUT2D eigenvalue weighted by Crippen LogP contribution is -2.18. The molecule has 1 atom stereocenters. The minimum atomic E-state index is -0.415. The first-order valence-electron chi connectivity index (χ1n) is 6.04. The highest BCUT2D eigenvalue weighted by Crippen LogP contribution is 2.25. The van der Waals surface area contributed by atoms with Gasteiger partial charge in [-0.25, -0.2) is 9.97 Å². The number of nitrogens with one attached hydrogen (secondary N) is 2. The van der Waals surface area contributed by atoms with Gasteiger partial charge in [0.15, 0.2) is 0 Å². The van der Waals surface area contributed by atoms with Crippen LogP contribution in [0.15, 0.2) is 17.2 Å². The minimum Gasteiger partial charge on any atom is -0.396 e. The average Bonchev–Trinajstić information content (AvgIpc) is 2.68. The Morgan fingerprint density at radius 3 is 3.00 bits per heavy atom. The number of anilines is 1. The molecule has 20 heavy (non-hydrogen) atoms. The number of carbonyl (C=O) groups is 2. The van der Waals surface area contributed by atoms with Gasteiger partial charge < -0.3 is 10.4 Å². The van der Waals surface area contributed by atoms with Crippen LogP contribution in [0.5, 0.6) is 0 Å². The van der Waals surface area contributed by atoms with E-state index < -0.39 is 5.91 Å². The largest absolute Gasteiger partial charge is 0.396 e. The highest BCUT2D eigenvalue weighted by molar-refractivity contribution is 8.18. The molecule has 0 saturated carbocycles. The van der Waals surface area contributed by atoms with Crippen LogP contribution >= 0.6 is 11.8 Å². The van der Waals surface area contributed by atoms with Crippen molar-refractivity contribution in [3.8, 4) is 0 Å². The molecule has 2 heterocycles. The predicted molar refractivity (Wildman–Crippen MR) is 75.9 cm³/mol. The van der Waals surface area contributed by atoms with Gasteiger partial charge in [-0.1, -0.05) is 0 Å². The lowest BCUT2D eigenvalue weighted by Gasteiger charge is -2.12. The highest BCUT2D eigenvalue weighted by Gasteiger charge is 2.25. The Morgan fingerprint density at radius 2 is 2.35 bits per heavy atom. The smallest absolute Gasteiger partial charge is 0.290 e. The van der Waals surface area contributed by atoms with E-state index in [0.717, 1.165) is 11.8 Å². The molecule has 3 N–H and O–H groups in total. The van der Waals surface area contributed by atoms with Crippen molar-refractivity contribution in [1.29, 1.82) is 0 Å². The minimum absolute atomic E-state index is 0.0358. The van der Waals surface area contributed by atoms with E-state index in [0.29, 0.717) is 23.0 Å². The molecule has 0 aliphatic carbocycles. The van der Waals surface area contributed by atoms with Gasteiger partial charge in [0, 0.05) is 18.8 Å². The average molecular weight is 294 g/mol. The maximum absolute atomic E-state index is 11.4. The standard InChI is InChI=1S/C12H14N4O3S/c1-7(3-5-17)14-11-13-4-2-8(15-11)6-9-10(18)16-12(19)20-9/h2,4,6-7,17H,3,5H2,1H3,(H,13,14,15)(H,16,18,19)/b9-6+. The molecule has 1 fully saturated rings. The number of hydrogen-bond acceptors (Lipinski definition) is 7. The number of imide groups is 1. The molecule has 7 nitrogen and oxygen atoms in total. The SMILES string of the molecule is CC(CCO)Nc1nccc(/C=C2/SC(=O)NC2=O)n1. The van der Waals surface area contributed by atoms with Gasteiger partial charge in [0.2, 0.25) is 5.95 Å². The summed E-state index contributed by atoms with van der Waals surface area (Å²) in [5.41, 5.74) is 0.533. The van der Waals surface area contributed by atoms with Crippen LogP contribution in [-0.2, 0) is 4.79 Å². The molecule has 1 aromatic rings. The molecule has 0 bridgehead atoms. The van der Waals surface area contributed by atoms with Crippen LogP contribution in [0.3, 0.4) is 0 Å². The number of nitrogens with zero attached hydrogens (tertiary/aromatic N) is 2. The first-order valence-corrected chi connectivity index (χ1v) is 6.85. The Bertz CT molecular complexity index is 561. The van der Waals surface area contributed by atoms with Crippen molar-refractivity contribution in [2.75, 3.05) is 11.9 Å². The zero-order valence-electron chi connectivity index (χ0n) is 10.8. The normalized spacial score (nSPS) is 18.2. The van der Waals surface area contributed by atoms with Gasteiger partial charge in [0.1, 0.15) is 0 Å². The highest BCUT2D eigenvalue weighted by atomic mass is 32.2. The molecule has 106 valence electrons. The zero-order chi connectivity index (χ0) is 14.5. The molecule has 1 unspecified atom stereocenters. The molecule has 2 amide bonds. The summed E-state index contributed by atoms with van der Waals surface area (Å²) < 4.78 is 0. The summed E-state index contributed by atoms with van der Waals surface area (Å²) in [6.45, 7) is 1.99. The van der Waals surface area contributed by atoms with Gasteiger partial charge >= 0.3 is 0 Å². The summed E-state index contributed by atoms with van der Waals surface area (Å²) in [5, 5.41) is 13.7. The van der Waals surface area contributed by atoms with E-state index in [4.69, 9.17) is 5.11 Å². The van der Waals surface area contributed by atoms with Crippen molar-refractivity contribution in [3.05, 3.63) is 22.9 Å². The second-order valence-electron chi connectivity index (χ2n) is 4.22. The number of rotatable bonds is 5. The van der Waals surface area contributed by atoms with Crippen LogP contribution in [0.25, 0.3) is 6.08 Å². The number of amides is 2. The van der Waals surface area contributed by atoms with E-state index >= 15 is 0 Å². The fourth-order valence-electron chi connectivity index (χ4n) is 1.56. The van der Waals surface area contributed by atoms with E-state index in [1.165, 1.54) is 6.08 Å². The number of aromatic nitrogens is 2. The predicted octanol–water partition coefficient (Wildman–Crippen LogP) is 0.983. The van der Waals surface area contributed by atoms with E-state index in [1.807, 2.05) is 6.92 Å². The molecule has 1 aromatic heterocycles. The molecule has 0 aromatic carbocycles. The Kier molecular flexibility index (Phi) is 4.70. The summed E-state index contributed by atoms with van der Waals surface area (Å²) in [4.78, 5) is 31.1. The third kappa shape index (κ3) is 3.78. The summed E-state index contributed by atoms with van der Waals surface area (Å²) in [5.74, 6) is -0.00296. The Hall–Kier alpha value is -1.93. The topological polar surface area (TPSA) is 104 Å². The van der Waals surface area contributed by atoms with Crippen molar-refractivity contribution < 1.29 is 14.7 Å². The second-order valence-corrected chi connectivity index (χ2v) is 5.23. The third-order valence-corrected chi connectivity index (χ3v) is 3.35. The maximum atomic E-state index is 11.4. The van der Waals surface area contributed by atoms with Gasteiger partial charge in [-0.15, -0.1) is 0 Å².